The monoisotopic (exact) mass is 972 g/mol. The second kappa shape index (κ2) is 51.6. The average molecular weight is 973 g/mol. The van der Waals surface area contributed by atoms with Gasteiger partial charge in [-0.15, -0.1) is 0 Å². The van der Waals surface area contributed by atoms with Crippen molar-refractivity contribution < 1.29 is 42.9 Å². The largest absolute Gasteiger partial charge is 0.545 e. The number of likely N-dealkylation sites (N-methyl/N-ethyl adjacent to an activating group) is 1. The standard InChI is InChI=1S/C60H109NO8/c1-6-8-10-12-14-16-18-20-22-24-25-26-27-28-29-30-31-32-33-35-37-39-41-43-45-47-49-51-58(63)69-56(55-68-60(59(64)65)66-53-52-61(3,4)5)54-67-57(62)50-48-46-44-42-40-38-36-34-23-21-19-17-15-13-11-9-7-2/h15,17-18,20-21,23-25,56,60H,6-14,16,19,22,26-55H2,1-5H3/b17-15-,20-18-,23-21-,25-24-. The van der Waals surface area contributed by atoms with Crippen LogP contribution < -0.4 is 5.11 Å². The van der Waals surface area contributed by atoms with Crippen LogP contribution in [0.2, 0.25) is 0 Å². The summed E-state index contributed by atoms with van der Waals surface area (Å²) in [4.78, 5) is 37.2. The number of quaternary nitrogens is 1. The van der Waals surface area contributed by atoms with Gasteiger partial charge in [0.05, 0.1) is 40.3 Å². The molecule has 0 aromatic heterocycles. The second-order valence-corrected chi connectivity index (χ2v) is 20.6. The number of carboxylic acids is 1. The topological polar surface area (TPSA) is 111 Å². The molecule has 2 atom stereocenters. The molecule has 0 fully saturated rings. The summed E-state index contributed by atoms with van der Waals surface area (Å²) in [6, 6.07) is 0. The van der Waals surface area contributed by atoms with Crippen molar-refractivity contribution in [1.82, 2.24) is 0 Å². The zero-order valence-corrected chi connectivity index (χ0v) is 45.7. The van der Waals surface area contributed by atoms with Crippen LogP contribution in [-0.4, -0.2) is 82.3 Å². The molecule has 0 aliphatic heterocycles. The molecule has 69 heavy (non-hydrogen) atoms. The summed E-state index contributed by atoms with van der Waals surface area (Å²) < 4.78 is 22.7. The van der Waals surface area contributed by atoms with Gasteiger partial charge in [0, 0.05) is 12.8 Å². The Morgan fingerprint density at radius 2 is 0.783 bits per heavy atom. The van der Waals surface area contributed by atoms with E-state index in [0.29, 0.717) is 17.4 Å². The number of allylic oxidation sites excluding steroid dienone is 8. The van der Waals surface area contributed by atoms with Gasteiger partial charge in [0.2, 0.25) is 0 Å². The van der Waals surface area contributed by atoms with Gasteiger partial charge in [-0.05, 0) is 77.0 Å². The highest BCUT2D eigenvalue weighted by molar-refractivity contribution is 5.70. The van der Waals surface area contributed by atoms with E-state index >= 15 is 0 Å². The van der Waals surface area contributed by atoms with Gasteiger partial charge in [-0.25, -0.2) is 0 Å². The quantitative estimate of drug-likeness (QED) is 0.0195. The molecule has 0 heterocycles. The number of carbonyl (C=O) groups excluding carboxylic acids is 3. The maximum absolute atomic E-state index is 12.9. The Kier molecular flexibility index (Phi) is 49.5. The van der Waals surface area contributed by atoms with E-state index in [0.717, 1.165) is 57.8 Å². The van der Waals surface area contributed by atoms with Crippen molar-refractivity contribution in [1.29, 1.82) is 0 Å². The summed E-state index contributed by atoms with van der Waals surface area (Å²) in [7, 11) is 5.92. The predicted octanol–water partition coefficient (Wildman–Crippen LogP) is 15.3. The first-order valence-electron chi connectivity index (χ1n) is 28.8. The van der Waals surface area contributed by atoms with Crippen molar-refractivity contribution in [2.45, 2.75) is 270 Å². The lowest BCUT2D eigenvalue weighted by atomic mass is 10.0. The minimum Gasteiger partial charge on any atom is -0.545 e. The molecule has 0 amide bonds. The number of aliphatic carboxylic acids is 1. The van der Waals surface area contributed by atoms with Crippen molar-refractivity contribution in [2.75, 3.05) is 47.5 Å². The van der Waals surface area contributed by atoms with Gasteiger partial charge in [-0.3, -0.25) is 9.59 Å². The zero-order chi connectivity index (χ0) is 50.6. The van der Waals surface area contributed by atoms with Crippen LogP contribution in [0.3, 0.4) is 0 Å². The lowest BCUT2D eigenvalue weighted by Crippen LogP contribution is -2.44. The second-order valence-electron chi connectivity index (χ2n) is 20.6. The van der Waals surface area contributed by atoms with Crippen LogP contribution in [0.25, 0.3) is 0 Å². The van der Waals surface area contributed by atoms with E-state index in [1.54, 1.807) is 0 Å². The number of hydrogen-bond acceptors (Lipinski definition) is 8. The molecule has 0 aromatic carbocycles. The Morgan fingerprint density at radius 1 is 0.435 bits per heavy atom. The summed E-state index contributed by atoms with van der Waals surface area (Å²) in [5.74, 6) is -2.28. The van der Waals surface area contributed by atoms with Gasteiger partial charge in [0.15, 0.2) is 12.4 Å². The lowest BCUT2D eigenvalue weighted by Gasteiger charge is -2.26. The van der Waals surface area contributed by atoms with Gasteiger partial charge >= 0.3 is 11.9 Å². The molecule has 0 N–H and O–H groups in total. The molecule has 9 heteroatoms. The van der Waals surface area contributed by atoms with Gasteiger partial charge in [0.1, 0.15) is 13.2 Å². The van der Waals surface area contributed by atoms with Crippen LogP contribution in [0.4, 0.5) is 0 Å². The van der Waals surface area contributed by atoms with Crippen molar-refractivity contribution in [3.05, 3.63) is 48.6 Å². The van der Waals surface area contributed by atoms with E-state index in [9.17, 15) is 19.5 Å². The minimum absolute atomic E-state index is 0.146. The number of ether oxygens (including phenoxy) is 4. The molecular weight excluding hydrogens is 863 g/mol. The van der Waals surface area contributed by atoms with Crippen LogP contribution in [-0.2, 0) is 33.3 Å². The average Bonchev–Trinajstić information content (AvgIpc) is 3.31. The molecular formula is C60H109NO8. The van der Waals surface area contributed by atoms with Crippen molar-refractivity contribution in [3.63, 3.8) is 0 Å². The summed E-state index contributed by atoms with van der Waals surface area (Å²) >= 11 is 0. The Labute approximate surface area is 425 Å². The maximum Gasteiger partial charge on any atom is 0.306 e. The Morgan fingerprint density at radius 3 is 1.17 bits per heavy atom. The molecule has 9 nitrogen and oxygen atoms in total. The number of rotatable bonds is 53. The molecule has 0 spiro atoms. The van der Waals surface area contributed by atoms with E-state index in [1.807, 2.05) is 21.1 Å². The van der Waals surface area contributed by atoms with Crippen LogP contribution in [0.5, 0.6) is 0 Å². The van der Waals surface area contributed by atoms with Crippen molar-refractivity contribution >= 4 is 17.9 Å². The van der Waals surface area contributed by atoms with Gasteiger partial charge in [-0.2, -0.15) is 0 Å². The first-order valence-corrected chi connectivity index (χ1v) is 28.8. The third-order valence-electron chi connectivity index (χ3n) is 12.5. The van der Waals surface area contributed by atoms with Crippen LogP contribution in [0.1, 0.15) is 258 Å². The molecule has 2 unspecified atom stereocenters. The molecule has 0 rings (SSSR count). The van der Waals surface area contributed by atoms with Crippen LogP contribution in [0.15, 0.2) is 48.6 Å². The van der Waals surface area contributed by atoms with Gasteiger partial charge in [-0.1, -0.05) is 217 Å². The molecule has 0 aromatic rings. The summed E-state index contributed by atoms with van der Waals surface area (Å²) in [5, 5.41) is 11.8. The first kappa shape index (κ1) is 66.2. The lowest BCUT2D eigenvalue weighted by molar-refractivity contribution is -0.870. The van der Waals surface area contributed by atoms with E-state index in [-0.39, 0.29) is 38.6 Å². The highest BCUT2D eigenvalue weighted by Crippen LogP contribution is 2.16. The third-order valence-corrected chi connectivity index (χ3v) is 12.5. The van der Waals surface area contributed by atoms with Gasteiger partial charge in [0.25, 0.3) is 0 Å². The van der Waals surface area contributed by atoms with Crippen LogP contribution in [0, 0.1) is 0 Å². The first-order chi connectivity index (χ1) is 33.6. The van der Waals surface area contributed by atoms with Gasteiger partial charge < -0.3 is 33.3 Å². The predicted molar refractivity (Wildman–Crippen MR) is 288 cm³/mol. The van der Waals surface area contributed by atoms with E-state index in [2.05, 4.69) is 62.5 Å². The molecule has 0 saturated heterocycles. The Balaban J connectivity index is 4.21. The van der Waals surface area contributed by atoms with E-state index in [1.165, 1.54) is 167 Å². The molecule has 0 saturated carbocycles. The summed E-state index contributed by atoms with van der Waals surface area (Å²) in [6.45, 7) is 4.72. The number of carbonyl (C=O) groups is 3. The molecule has 0 radical (unpaired) electrons. The number of hydrogen-bond donors (Lipinski definition) is 0. The Bertz CT molecular complexity index is 1270. The minimum atomic E-state index is -1.62. The smallest absolute Gasteiger partial charge is 0.306 e. The van der Waals surface area contributed by atoms with Crippen molar-refractivity contribution in [3.8, 4) is 0 Å². The fourth-order valence-electron chi connectivity index (χ4n) is 8.07. The number of esters is 2. The van der Waals surface area contributed by atoms with Crippen LogP contribution >= 0.6 is 0 Å². The maximum atomic E-state index is 12.9. The molecule has 0 aliphatic rings. The fraction of sp³-hybridized carbons (Fsp3) is 0.817. The fourth-order valence-corrected chi connectivity index (χ4v) is 8.07. The normalized spacial score (nSPS) is 13.1. The Hall–Kier alpha value is -2.75. The molecule has 402 valence electrons. The zero-order valence-electron chi connectivity index (χ0n) is 45.7. The highest BCUT2D eigenvalue weighted by atomic mass is 16.7. The number of unbranched alkanes of at least 4 members (excludes halogenated alkanes) is 30. The number of carboxylic acid groups (broad SMARTS) is 1. The van der Waals surface area contributed by atoms with E-state index < -0.39 is 24.3 Å². The third kappa shape index (κ3) is 52.9. The van der Waals surface area contributed by atoms with E-state index in [4.69, 9.17) is 18.9 Å². The molecule has 0 aliphatic carbocycles. The summed E-state index contributed by atoms with van der Waals surface area (Å²) in [5.41, 5.74) is 0. The molecule has 0 bridgehead atoms. The highest BCUT2D eigenvalue weighted by Gasteiger charge is 2.22. The number of nitrogens with zero attached hydrogens (tertiary/aromatic N) is 1. The SMILES string of the molecule is CCCCC/C=C\C/C=C\CCCCCCCCCC(=O)OCC(COC(OCC[N+](C)(C)C)C(=O)[O-])OC(=O)CCCCCCCCCCCCCCCCC/C=C\C/C=C\CCCCCCC. The van der Waals surface area contributed by atoms with Crippen molar-refractivity contribution in [2.24, 2.45) is 0 Å². The summed E-state index contributed by atoms with van der Waals surface area (Å²) in [6.07, 6.45) is 60.1.